The molecule has 1 saturated heterocycles. The highest BCUT2D eigenvalue weighted by Crippen LogP contribution is 2.24. The van der Waals surface area contributed by atoms with E-state index in [-0.39, 0.29) is 11.9 Å². The SMILES string of the molecule is Cc1cc(C)nc(N2CCO[C@H](c3cc(CCOc4ccc(F)c(F)c4)[nH]n3)C2)n1. The number of H-pyrrole nitrogens is 1. The summed E-state index contributed by atoms with van der Waals surface area (Å²) in [6.07, 6.45) is 0.350. The van der Waals surface area contributed by atoms with Crippen LogP contribution in [0.4, 0.5) is 14.7 Å². The van der Waals surface area contributed by atoms with E-state index >= 15 is 0 Å². The predicted octanol–water partition coefficient (Wildman–Crippen LogP) is 3.29. The number of aromatic amines is 1. The molecule has 1 aliphatic heterocycles. The Bertz CT molecular complexity index is 1010. The minimum Gasteiger partial charge on any atom is -0.493 e. The number of benzene rings is 1. The minimum atomic E-state index is -0.928. The predicted molar refractivity (Wildman–Crippen MR) is 107 cm³/mol. The summed E-state index contributed by atoms with van der Waals surface area (Å²) < 4.78 is 37.6. The molecule has 2 aromatic heterocycles. The molecule has 1 atom stereocenters. The highest BCUT2D eigenvalue weighted by atomic mass is 19.2. The molecule has 0 radical (unpaired) electrons. The lowest BCUT2D eigenvalue weighted by Crippen LogP contribution is -2.39. The third-order valence-electron chi connectivity index (χ3n) is 4.83. The standard InChI is InChI=1S/C21H23F2N5O2/c1-13-9-14(2)25-21(24-13)28-6-8-30-20(12-28)19-10-15(26-27-19)5-7-29-16-3-4-17(22)18(23)11-16/h3-4,9-11,20H,5-8,12H2,1-2H3,(H,26,27)/t20-/m0/s1. The molecule has 30 heavy (non-hydrogen) atoms. The average Bonchev–Trinajstić information content (AvgIpc) is 3.19. The summed E-state index contributed by atoms with van der Waals surface area (Å²) in [6.45, 7) is 6.11. The van der Waals surface area contributed by atoms with E-state index in [1.165, 1.54) is 6.07 Å². The third-order valence-corrected chi connectivity index (χ3v) is 4.83. The molecule has 1 aromatic carbocycles. The van der Waals surface area contributed by atoms with Gasteiger partial charge in [0.15, 0.2) is 11.6 Å². The Morgan fingerprint density at radius 1 is 1.13 bits per heavy atom. The van der Waals surface area contributed by atoms with E-state index in [0.29, 0.717) is 32.1 Å². The zero-order valence-electron chi connectivity index (χ0n) is 16.9. The molecule has 1 aliphatic rings. The highest BCUT2D eigenvalue weighted by molar-refractivity contribution is 5.34. The number of halogens is 2. The zero-order chi connectivity index (χ0) is 21.1. The Labute approximate surface area is 173 Å². The van der Waals surface area contributed by atoms with E-state index in [1.807, 2.05) is 26.0 Å². The van der Waals surface area contributed by atoms with Gasteiger partial charge < -0.3 is 14.4 Å². The molecule has 9 heteroatoms. The summed E-state index contributed by atoms with van der Waals surface area (Å²) in [5, 5.41) is 7.36. The lowest BCUT2D eigenvalue weighted by atomic mass is 10.2. The van der Waals surface area contributed by atoms with Gasteiger partial charge in [-0.25, -0.2) is 18.7 Å². The summed E-state index contributed by atoms with van der Waals surface area (Å²) in [4.78, 5) is 11.2. The molecule has 0 spiro atoms. The van der Waals surface area contributed by atoms with Crippen molar-refractivity contribution in [2.45, 2.75) is 26.4 Å². The van der Waals surface area contributed by atoms with Crippen LogP contribution in [0.5, 0.6) is 5.75 Å². The van der Waals surface area contributed by atoms with Crippen molar-refractivity contribution in [2.75, 3.05) is 31.2 Å². The Morgan fingerprint density at radius 2 is 1.93 bits per heavy atom. The summed E-state index contributed by atoms with van der Waals surface area (Å²) in [5.74, 6) is -0.832. The van der Waals surface area contributed by atoms with Crippen LogP contribution in [0.3, 0.4) is 0 Å². The molecular weight excluding hydrogens is 392 g/mol. The van der Waals surface area contributed by atoms with Gasteiger partial charge in [-0.2, -0.15) is 5.10 Å². The highest BCUT2D eigenvalue weighted by Gasteiger charge is 2.26. The van der Waals surface area contributed by atoms with Crippen molar-refractivity contribution in [3.05, 3.63) is 64.7 Å². The third kappa shape index (κ3) is 4.73. The maximum atomic E-state index is 13.2. The molecule has 3 aromatic rings. The summed E-state index contributed by atoms with van der Waals surface area (Å²) in [5.41, 5.74) is 3.54. The largest absolute Gasteiger partial charge is 0.493 e. The molecule has 0 amide bonds. The van der Waals surface area contributed by atoms with Gasteiger partial charge >= 0.3 is 0 Å². The van der Waals surface area contributed by atoms with Crippen molar-refractivity contribution in [1.82, 2.24) is 20.2 Å². The monoisotopic (exact) mass is 415 g/mol. The number of rotatable bonds is 6. The van der Waals surface area contributed by atoms with Crippen LogP contribution >= 0.6 is 0 Å². The number of nitrogens with one attached hydrogen (secondary N) is 1. The van der Waals surface area contributed by atoms with Crippen LogP contribution in [0.2, 0.25) is 0 Å². The lowest BCUT2D eigenvalue weighted by Gasteiger charge is -2.32. The van der Waals surface area contributed by atoms with E-state index in [2.05, 4.69) is 25.1 Å². The summed E-state index contributed by atoms with van der Waals surface area (Å²) >= 11 is 0. The van der Waals surface area contributed by atoms with Crippen molar-refractivity contribution in [3.8, 4) is 5.75 Å². The molecule has 7 nitrogen and oxygen atoms in total. The van der Waals surface area contributed by atoms with Gasteiger partial charge in [-0.15, -0.1) is 0 Å². The van der Waals surface area contributed by atoms with E-state index in [1.54, 1.807) is 0 Å². The Balaban J connectivity index is 1.35. The summed E-state index contributed by atoms with van der Waals surface area (Å²) in [6, 6.07) is 7.36. The molecule has 1 fully saturated rings. The molecule has 1 N–H and O–H groups in total. The van der Waals surface area contributed by atoms with Crippen molar-refractivity contribution < 1.29 is 18.3 Å². The van der Waals surface area contributed by atoms with Crippen molar-refractivity contribution >= 4 is 5.95 Å². The van der Waals surface area contributed by atoms with Gasteiger partial charge in [0.25, 0.3) is 0 Å². The Morgan fingerprint density at radius 3 is 2.70 bits per heavy atom. The number of hydrogen-bond donors (Lipinski definition) is 1. The first kappa shape index (κ1) is 20.2. The molecule has 0 saturated carbocycles. The van der Waals surface area contributed by atoms with Gasteiger partial charge in [0.05, 0.1) is 25.5 Å². The maximum absolute atomic E-state index is 13.2. The second-order valence-corrected chi connectivity index (χ2v) is 7.25. The fourth-order valence-corrected chi connectivity index (χ4v) is 3.38. The van der Waals surface area contributed by atoms with E-state index in [9.17, 15) is 8.78 Å². The van der Waals surface area contributed by atoms with Gasteiger partial charge in [-0.3, -0.25) is 5.10 Å². The van der Waals surface area contributed by atoms with Crippen LogP contribution in [0, 0.1) is 25.5 Å². The first-order valence-corrected chi connectivity index (χ1v) is 9.79. The number of aryl methyl sites for hydroxylation is 2. The van der Waals surface area contributed by atoms with E-state index in [0.717, 1.165) is 41.5 Å². The second-order valence-electron chi connectivity index (χ2n) is 7.25. The van der Waals surface area contributed by atoms with Gasteiger partial charge in [0, 0.05) is 36.1 Å². The molecule has 3 heterocycles. The van der Waals surface area contributed by atoms with Gasteiger partial charge in [0.2, 0.25) is 5.95 Å². The van der Waals surface area contributed by atoms with Crippen molar-refractivity contribution in [2.24, 2.45) is 0 Å². The van der Waals surface area contributed by atoms with E-state index in [4.69, 9.17) is 9.47 Å². The van der Waals surface area contributed by atoms with Crippen LogP contribution in [0.15, 0.2) is 30.3 Å². The Kier molecular flexibility index (Phi) is 5.89. The first-order valence-electron chi connectivity index (χ1n) is 9.79. The summed E-state index contributed by atoms with van der Waals surface area (Å²) in [7, 11) is 0. The van der Waals surface area contributed by atoms with Crippen molar-refractivity contribution in [1.29, 1.82) is 0 Å². The van der Waals surface area contributed by atoms with Gasteiger partial charge in [-0.1, -0.05) is 0 Å². The topological polar surface area (TPSA) is 76.2 Å². The Hall–Kier alpha value is -3.07. The van der Waals surface area contributed by atoms with Crippen LogP contribution in [-0.4, -0.2) is 46.5 Å². The van der Waals surface area contributed by atoms with Crippen molar-refractivity contribution in [3.63, 3.8) is 0 Å². The van der Waals surface area contributed by atoms with Crippen LogP contribution in [0.1, 0.15) is 28.9 Å². The zero-order valence-corrected chi connectivity index (χ0v) is 16.9. The normalized spacial score (nSPS) is 16.7. The fraction of sp³-hybridized carbons (Fsp3) is 0.381. The first-order chi connectivity index (χ1) is 14.5. The lowest BCUT2D eigenvalue weighted by molar-refractivity contribution is 0.0364. The second kappa shape index (κ2) is 8.74. The smallest absolute Gasteiger partial charge is 0.225 e. The molecule has 0 bridgehead atoms. The number of morpholine rings is 1. The average molecular weight is 415 g/mol. The number of aromatic nitrogens is 4. The number of ether oxygens (including phenoxy) is 2. The van der Waals surface area contributed by atoms with Crippen LogP contribution < -0.4 is 9.64 Å². The number of anilines is 1. The van der Waals surface area contributed by atoms with Gasteiger partial charge in [-0.05, 0) is 38.1 Å². The van der Waals surface area contributed by atoms with Crippen LogP contribution in [-0.2, 0) is 11.2 Å². The molecular formula is C21H23F2N5O2. The fourth-order valence-electron chi connectivity index (χ4n) is 3.38. The minimum absolute atomic E-state index is 0.194. The molecule has 0 unspecified atom stereocenters. The van der Waals surface area contributed by atoms with Crippen LogP contribution in [0.25, 0.3) is 0 Å². The molecule has 0 aliphatic carbocycles. The van der Waals surface area contributed by atoms with E-state index < -0.39 is 11.6 Å². The number of hydrogen-bond acceptors (Lipinski definition) is 6. The maximum Gasteiger partial charge on any atom is 0.225 e. The molecule has 4 rings (SSSR count). The number of nitrogens with zero attached hydrogens (tertiary/aromatic N) is 4. The molecule has 158 valence electrons. The van der Waals surface area contributed by atoms with Gasteiger partial charge in [0.1, 0.15) is 11.9 Å². The quantitative estimate of drug-likeness (QED) is 0.666.